The quantitative estimate of drug-likeness (QED) is 0.651. The smallest absolute Gasteiger partial charge is 0.0788 e. The van der Waals surface area contributed by atoms with Gasteiger partial charge in [0.25, 0.3) is 0 Å². The zero-order valence-electron chi connectivity index (χ0n) is 7.67. The number of rotatable bonds is 3. The van der Waals surface area contributed by atoms with Crippen LogP contribution >= 0.6 is 0 Å². The molecule has 3 heteroatoms. The lowest BCUT2D eigenvalue weighted by Gasteiger charge is -2.22. The summed E-state index contributed by atoms with van der Waals surface area (Å²) in [5.74, 6) is 0. The van der Waals surface area contributed by atoms with E-state index in [1.807, 2.05) is 6.08 Å². The molecule has 3 nitrogen and oxygen atoms in total. The number of aliphatic imine (C=N–C) groups is 1. The van der Waals surface area contributed by atoms with Crippen molar-refractivity contribution < 1.29 is 5.11 Å². The van der Waals surface area contributed by atoms with E-state index in [2.05, 4.69) is 18.8 Å². The van der Waals surface area contributed by atoms with E-state index in [4.69, 9.17) is 10.8 Å². The van der Waals surface area contributed by atoms with Crippen LogP contribution in [0.5, 0.6) is 0 Å². The zero-order chi connectivity index (χ0) is 9.19. The molecule has 0 bridgehead atoms. The average molecular weight is 168 g/mol. The van der Waals surface area contributed by atoms with Gasteiger partial charge in [-0.15, -0.1) is 0 Å². The molecule has 0 radical (unpaired) electrons. The third-order valence-electron chi connectivity index (χ3n) is 2.18. The topological polar surface area (TPSA) is 58.6 Å². The van der Waals surface area contributed by atoms with Crippen LogP contribution in [0.15, 0.2) is 16.8 Å². The molecule has 0 unspecified atom stereocenters. The van der Waals surface area contributed by atoms with E-state index in [1.165, 1.54) is 0 Å². The van der Waals surface area contributed by atoms with Gasteiger partial charge in [0.2, 0.25) is 0 Å². The Kier molecular flexibility index (Phi) is 2.52. The average Bonchev–Trinajstić information content (AvgIpc) is 2.36. The number of hydrogen-bond acceptors (Lipinski definition) is 3. The summed E-state index contributed by atoms with van der Waals surface area (Å²) in [4.78, 5) is 4.29. The SMILES string of the molecule is CC(C)(CCO)C1=NCC(N)=C1. The molecule has 1 aliphatic heterocycles. The lowest BCUT2D eigenvalue weighted by Crippen LogP contribution is -2.23. The maximum atomic E-state index is 8.82. The van der Waals surface area contributed by atoms with Gasteiger partial charge in [-0.3, -0.25) is 4.99 Å². The van der Waals surface area contributed by atoms with Crippen molar-refractivity contribution in [2.75, 3.05) is 13.2 Å². The predicted molar refractivity (Wildman–Crippen MR) is 50.1 cm³/mol. The van der Waals surface area contributed by atoms with Crippen molar-refractivity contribution in [1.82, 2.24) is 0 Å². The first kappa shape index (κ1) is 9.26. The summed E-state index contributed by atoms with van der Waals surface area (Å²) in [6.45, 7) is 4.94. The Balaban J connectivity index is 2.69. The van der Waals surface area contributed by atoms with Gasteiger partial charge in [-0.2, -0.15) is 0 Å². The van der Waals surface area contributed by atoms with Crippen LogP contribution in [0.2, 0.25) is 0 Å². The molecule has 1 rings (SSSR count). The third kappa shape index (κ3) is 1.85. The van der Waals surface area contributed by atoms with Gasteiger partial charge in [-0.1, -0.05) is 13.8 Å². The minimum Gasteiger partial charge on any atom is -0.400 e. The third-order valence-corrected chi connectivity index (χ3v) is 2.18. The minimum atomic E-state index is -0.0458. The minimum absolute atomic E-state index is 0.0458. The van der Waals surface area contributed by atoms with Crippen molar-refractivity contribution in [2.45, 2.75) is 20.3 Å². The summed E-state index contributed by atoms with van der Waals surface area (Å²) in [5, 5.41) is 8.82. The van der Waals surface area contributed by atoms with E-state index in [9.17, 15) is 0 Å². The van der Waals surface area contributed by atoms with Crippen LogP contribution in [-0.2, 0) is 0 Å². The molecule has 0 saturated heterocycles. The Morgan fingerprint density at radius 3 is 2.75 bits per heavy atom. The van der Waals surface area contributed by atoms with Crippen molar-refractivity contribution in [3.8, 4) is 0 Å². The number of hydrogen-bond donors (Lipinski definition) is 2. The van der Waals surface area contributed by atoms with Gasteiger partial charge in [0.1, 0.15) is 0 Å². The molecule has 0 spiro atoms. The van der Waals surface area contributed by atoms with Crippen LogP contribution in [0.1, 0.15) is 20.3 Å². The number of aliphatic hydroxyl groups is 1. The molecule has 0 aromatic heterocycles. The van der Waals surface area contributed by atoms with Crippen molar-refractivity contribution in [1.29, 1.82) is 0 Å². The van der Waals surface area contributed by atoms with Crippen molar-refractivity contribution in [3.63, 3.8) is 0 Å². The first-order chi connectivity index (χ1) is 5.56. The molecule has 0 fully saturated rings. The highest BCUT2D eigenvalue weighted by atomic mass is 16.3. The molecule has 0 atom stereocenters. The van der Waals surface area contributed by atoms with E-state index in [0.717, 1.165) is 17.8 Å². The predicted octanol–water partition coefficient (Wildman–Crippen LogP) is 0.692. The molecule has 0 saturated carbocycles. The molecule has 1 aliphatic rings. The normalized spacial score (nSPS) is 17.6. The van der Waals surface area contributed by atoms with Crippen LogP contribution in [0.25, 0.3) is 0 Å². The number of nitrogens with zero attached hydrogens (tertiary/aromatic N) is 1. The Hall–Kier alpha value is -0.830. The Bertz CT molecular complexity index is 229. The molecule has 1 heterocycles. The maximum absolute atomic E-state index is 8.82. The van der Waals surface area contributed by atoms with Gasteiger partial charge in [-0.25, -0.2) is 0 Å². The highest BCUT2D eigenvalue weighted by Crippen LogP contribution is 2.25. The van der Waals surface area contributed by atoms with E-state index in [1.54, 1.807) is 0 Å². The van der Waals surface area contributed by atoms with Gasteiger partial charge in [0, 0.05) is 23.4 Å². The second-order valence-electron chi connectivity index (χ2n) is 3.78. The summed E-state index contributed by atoms with van der Waals surface area (Å²) in [5.41, 5.74) is 7.38. The largest absolute Gasteiger partial charge is 0.400 e. The van der Waals surface area contributed by atoms with E-state index >= 15 is 0 Å². The maximum Gasteiger partial charge on any atom is 0.0788 e. The molecule has 12 heavy (non-hydrogen) atoms. The van der Waals surface area contributed by atoms with Crippen LogP contribution in [0, 0.1) is 5.41 Å². The summed E-state index contributed by atoms with van der Waals surface area (Å²) >= 11 is 0. The standard InChI is InChI=1S/C9H16N2O/c1-9(2,3-4-12)8-5-7(10)6-11-8/h5,12H,3-4,6,10H2,1-2H3. The van der Waals surface area contributed by atoms with Crippen molar-refractivity contribution in [2.24, 2.45) is 16.1 Å². The molecule has 0 aromatic carbocycles. The summed E-state index contributed by atoms with van der Waals surface area (Å²) < 4.78 is 0. The van der Waals surface area contributed by atoms with Crippen molar-refractivity contribution >= 4 is 5.71 Å². The fourth-order valence-corrected chi connectivity index (χ4v) is 1.26. The van der Waals surface area contributed by atoms with Gasteiger partial charge < -0.3 is 10.8 Å². The Labute approximate surface area is 73.0 Å². The van der Waals surface area contributed by atoms with Crippen LogP contribution in [0.4, 0.5) is 0 Å². The number of aliphatic hydroxyl groups excluding tert-OH is 1. The second-order valence-corrected chi connectivity index (χ2v) is 3.78. The van der Waals surface area contributed by atoms with Gasteiger partial charge in [-0.05, 0) is 12.5 Å². The summed E-state index contributed by atoms with van der Waals surface area (Å²) in [7, 11) is 0. The summed E-state index contributed by atoms with van der Waals surface area (Å²) in [6.07, 6.45) is 2.64. The molecular weight excluding hydrogens is 152 g/mol. The van der Waals surface area contributed by atoms with Gasteiger partial charge in [0.15, 0.2) is 0 Å². The molecule has 68 valence electrons. The number of nitrogens with two attached hydrogens (primary N) is 1. The molecular formula is C9H16N2O. The first-order valence-electron chi connectivity index (χ1n) is 4.18. The van der Waals surface area contributed by atoms with Crippen LogP contribution in [0.3, 0.4) is 0 Å². The monoisotopic (exact) mass is 168 g/mol. The highest BCUT2D eigenvalue weighted by Gasteiger charge is 2.24. The Morgan fingerprint density at radius 1 is 1.67 bits per heavy atom. The Morgan fingerprint density at radius 2 is 2.33 bits per heavy atom. The first-order valence-corrected chi connectivity index (χ1v) is 4.18. The van der Waals surface area contributed by atoms with E-state index < -0.39 is 0 Å². The molecule has 0 amide bonds. The highest BCUT2D eigenvalue weighted by molar-refractivity contribution is 6.01. The number of allylic oxidation sites excluding steroid dienone is 1. The van der Waals surface area contributed by atoms with Crippen LogP contribution < -0.4 is 5.73 Å². The lowest BCUT2D eigenvalue weighted by molar-refractivity contribution is 0.250. The lowest BCUT2D eigenvalue weighted by atomic mass is 9.84. The molecule has 3 N–H and O–H groups in total. The second kappa shape index (κ2) is 3.27. The fourth-order valence-electron chi connectivity index (χ4n) is 1.26. The molecule has 0 aliphatic carbocycles. The van der Waals surface area contributed by atoms with Gasteiger partial charge >= 0.3 is 0 Å². The van der Waals surface area contributed by atoms with Crippen LogP contribution in [-0.4, -0.2) is 24.0 Å². The van der Waals surface area contributed by atoms with E-state index in [-0.39, 0.29) is 12.0 Å². The molecule has 0 aromatic rings. The zero-order valence-corrected chi connectivity index (χ0v) is 7.67. The van der Waals surface area contributed by atoms with E-state index in [0.29, 0.717) is 6.54 Å². The fraction of sp³-hybridized carbons (Fsp3) is 0.667. The van der Waals surface area contributed by atoms with Gasteiger partial charge in [0.05, 0.1) is 6.54 Å². The van der Waals surface area contributed by atoms with Crippen molar-refractivity contribution in [3.05, 3.63) is 11.8 Å². The summed E-state index contributed by atoms with van der Waals surface area (Å²) in [6, 6.07) is 0.